The number of hydrogen-bond donors (Lipinski definition) is 0. The van der Waals surface area contributed by atoms with Gasteiger partial charge in [-0.1, -0.05) is 53.7 Å². The topological polar surface area (TPSA) is 82.7 Å². The number of aromatic nitrogens is 5. The molecule has 0 saturated carbocycles. The Bertz CT molecular complexity index is 1380. The van der Waals surface area contributed by atoms with Crippen molar-refractivity contribution in [2.75, 3.05) is 11.5 Å². The summed E-state index contributed by atoms with van der Waals surface area (Å²) in [6, 6.07) is 16.0. The molecule has 7 nitrogen and oxygen atoms in total. The van der Waals surface area contributed by atoms with Gasteiger partial charge >= 0.3 is 0 Å². The molecule has 1 aliphatic rings. The number of hydrogen-bond acceptors (Lipinski definition) is 6. The van der Waals surface area contributed by atoms with Crippen LogP contribution in [0.5, 0.6) is 0 Å². The Morgan fingerprint density at radius 1 is 1.16 bits per heavy atom. The van der Waals surface area contributed by atoms with E-state index in [0.29, 0.717) is 23.7 Å². The first-order chi connectivity index (χ1) is 15.4. The fourth-order valence-corrected chi connectivity index (χ4v) is 6.91. The Hall–Kier alpha value is -2.36. The van der Waals surface area contributed by atoms with Crippen molar-refractivity contribution in [1.82, 2.24) is 24.3 Å². The van der Waals surface area contributed by atoms with Crippen LogP contribution in [-0.4, -0.2) is 44.2 Å². The zero-order chi connectivity index (χ0) is 22.3. The van der Waals surface area contributed by atoms with Gasteiger partial charge in [0.25, 0.3) is 0 Å². The van der Waals surface area contributed by atoms with E-state index in [2.05, 4.69) is 26.9 Å². The van der Waals surface area contributed by atoms with Gasteiger partial charge in [-0.25, -0.2) is 13.4 Å². The molecule has 0 N–H and O–H groups in total. The van der Waals surface area contributed by atoms with Crippen LogP contribution in [0.3, 0.4) is 0 Å². The lowest BCUT2D eigenvalue weighted by molar-refractivity contribution is 0.599. The second-order valence-electron chi connectivity index (χ2n) is 8.02. The van der Waals surface area contributed by atoms with Crippen molar-refractivity contribution in [3.63, 3.8) is 0 Å². The maximum Gasteiger partial charge on any atom is 0.191 e. The molecule has 1 atom stereocenters. The molecule has 0 radical (unpaired) electrons. The highest BCUT2D eigenvalue weighted by Gasteiger charge is 2.32. The average molecular weight is 488 g/mol. The fraction of sp³-hybridized carbons (Fsp3) is 0.318. The summed E-state index contributed by atoms with van der Waals surface area (Å²) in [7, 11) is -1.07. The Morgan fingerprint density at radius 2 is 1.97 bits per heavy atom. The minimum absolute atomic E-state index is 0.0864. The lowest BCUT2D eigenvalue weighted by Gasteiger charge is -2.10. The van der Waals surface area contributed by atoms with E-state index in [-0.39, 0.29) is 17.4 Å². The van der Waals surface area contributed by atoms with Crippen LogP contribution < -0.4 is 0 Å². The zero-order valence-corrected chi connectivity index (χ0v) is 19.9. The molecule has 0 bridgehead atoms. The highest BCUT2D eigenvalue weighted by Crippen LogP contribution is 2.31. The molecule has 10 heteroatoms. The molecular weight excluding hydrogens is 466 g/mol. The van der Waals surface area contributed by atoms with Gasteiger partial charge in [0.1, 0.15) is 11.6 Å². The van der Waals surface area contributed by atoms with Gasteiger partial charge in [-0.2, -0.15) is 0 Å². The summed E-state index contributed by atoms with van der Waals surface area (Å²) in [5, 5.41) is 10.0. The molecule has 1 aliphatic heterocycles. The quantitative estimate of drug-likeness (QED) is 0.381. The van der Waals surface area contributed by atoms with Crippen molar-refractivity contribution < 1.29 is 8.42 Å². The second-order valence-corrected chi connectivity index (χ2v) is 11.6. The molecule has 5 rings (SSSR count). The Kier molecular flexibility index (Phi) is 5.73. The fourth-order valence-electron chi connectivity index (χ4n) is 4.14. The number of rotatable bonds is 6. The second kappa shape index (κ2) is 8.53. The first-order valence-corrected chi connectivity index (χ1v) is 13.5. The SMILES string of the molecule is Cn1c(SCc2nc3cc(Cl)ccc3n2Cc2ccccc2)nnc1C1CCS(=O)(=O)C1. The van der Waals surface area contributed by atoms with Crippen LogP contribution in [-0.2, 0) is 29.2 Å². The molecular formula is C22H22ClN5O2S2. The number of benzene rings is 2. The van der Waals surface area contributed by atoms with Crippen LogP contribution in [0.2, 0.25) is 5.02 Å². The minimum Gasteiger partial charge on any atom is -0.323 e. The lowest BCUT2D eigenvalue weighted by atomic mass is 10.1. The van der Waals surface area contributed by atoms with Gasteiger partial charge in [-0.05, 0) is 30.2 Å². The Labute approximate surface area is 195 Å². The van der Waals surface area contributed by atoms with Crippen molar-refractivity contribution in [3.05, 3.63) is 70.8 Å². The Morgan fingerprint density at radius 3 is 2.72 bits per heavy atom. The van der Waals surface area contributed by atoms with Gasteiger partial charge in [0.2, 0.25) is 0 Å². The molecule has 0 aliphatic carbocycles. The standard InChI is InChI=1S/C22H22ClN5O2S2/c1-27-21(16-9-10-32(29,30)14-16)25-26-22(27)31-13-20-24-18-11-17(23)7-8-19(18)28(20)12-15-5-3-2-4-6-15/h2-8,11,16H,9-10,12-14H2,1H3. The van der Waals surface area contributed by atoms with Gasteiger partial charge in [0.05, 0.1) is 28.3 Å². The molecule has 1 saturated heterocycles. The summed E-state index contributed by atoms with van der Waals surface area (Å²) in [6.45, 7) is 0.707. The summed E-state index contributed by atoms with van der Waals surface area (Å²) < 4.78 is 27.8. The van der Waals surface area contributed by atoms with Crippen molar-refractivity contribution in [2.45, 2.75) is 29.8 Å². The zero-order valence-electron chi connectivity index (χ0n) is 17.5. The van der Waals surface area contributed by atoms with E-state index in [9.17, 15) is 8.42 Å². The molecule has 32 heavy (non-hydrogen) atoms. The summed E-state index contributed by atoms with van der Waals surface area (Å²) in [5.41, 5.74) is 3.08. The molecule has 0 spiro atoms. The summed E-state index contributed by atoms with van der Waals surface area (Å²) >= 11 is 7.75. The summed E-state index contributed by atoms with van der Waals surface area (Å²) in [5.74, 6) is 2.55. The maximum absolute atomic E-state index is 11.9. The number of halogens is 1. The molecule has 1 unspecified atom stereocenters. The van der Waals surface area contributed by atoms with Crippen LogP contribution in [0.1, 0.15) is 29.6 Å². The molecule has 2 aromatic carbocycles. The first kappa shape index (κ1) is 21.5. The van der Waals surface area contributed by atoms with Crippen LogP contribution in [0, 0.1) is 0 Å². The van der Waals surface area contributed by atoms with E-state index in [4.69, 9.17) is 16.6 Å². The number of nitrogens with zero attached hydrogens (tertiary/aromatic N) is 5. The van der Waals surface area contributed by atoms with Gasteiger partial charge in [-0.3, -0.25) is 0 Å². The van der Waals surface area contributed by atoms with Crippen molar-refractivity contribution >= 4 is 44.2 Å². The molecule has 4 aromatic rings. The third-order valence-corrected chi connectivity index (χ3v) is 8.79. The highest BCUT2D eigenvalue weighted by atomic mass is 35.5. The van der Waals surface area contributed by atoms with Gasteiger partial charge in [0, 0.05) is 24.5 Å². The molecule has 1 fully saturated rings. The molecule has 3 heterocycles. The van der Waals surface area contributed by atoms with E-state index in [1.54, 1.807) is 11.8 Å². The van der Waals surface area contributed by atoms with Crippen LogP contribution in [0.25, 0.3) is 11.0 Å². The molecule has 0 amide bonds. The summed E-state index contributed by atoms with van der Waals surface area (Å²) in [4.78, 5) is 4.84. The number of sulfone groups is 1. The van der Waals surface area contributed by atoms with Crippen LogP contribution in [0.4, 0.5) is 0 Å². The molecule has 2 aromatic heterocycles. The predicted molar refractivity (Wildman–Crippen MR) is 127 cm³/mol. The minimum atomic E-state index is -2.97. The van der Waals surface area contributed by atoms with Crippen molar-refractivity contribution in [1.29, 1.82) is 0 Å². The van der Waals surface area contributed by atoms with Gasteiger partial charge in [0.15, 0.2) is 15.0 Å². The van der Waals surface area contributed by atoms with Crippen LogP contribution in [0.15, 0.2) is 53.7 Å². The van der Waals surface area contributed by atoms with E-state index in [1.165, 1.54) is 5.56 Å². The van der Waals surface area contributed by atoms with Gasteiger partial charge < -0.3 is 9.13 Å². The normalized spacial score (nSPS) is 17.9. The average Bonchev–Trinajstić information content (AvgIpc) is 3.42. The number of fused-ring (bicyclic) bond motifs is 1. The third kappa shape index (κ3) is 4.29. The lowest BCUT2D eigenvalue weighted by Crippen LogP contribution is -2.09. The van der Waals surface area contributed by atoms with Crippen molar-refractivity contribution in [2.24, 2.45) is 7.05 Å². The Balaban J connectivity index is 1.41. The van der Waals surface area contributed by atoms with Crippen molar-refractivity contribution in [3.8, 4) is 0 Å². The monoisotopic (exact) mass is 487 g/mol. The third-order valence-electron chi connectivity index (χ3n) is 5.77. The molecule has 166 valence electrons. The van der Waals surface area contributed by atoms with E-state index in [1.807, 2.05) is 48.0 Å². The number of thioether (sulfide) groups is 1. The number of imidazole rings is 1. The van der Waals surface area contributed by atoms with E-state index in [0.717, 1.165) is 27.8 Å². The van der Waals surface area contributed by atoms with E-state index >= 15 is 0 Å². The maximum atomic E-state index is 11.9. The first-order valence-electron chi connectivity index (χ1n) is 10.3. The summed E-state index contributed by atoms with van der Waals surface area (Å²) in [6.07, 6.45) is 0.604. The van der Waals surface area contributed by atoms with Crippen LogP contribution >= 0.6 is 23.4 Å². The van der Waals surface area contributed by atoms with Gasteiger partial charge in [-0.15, -0.1) is 10.2 Å². The largest absolute Gasteiger partial charge is 0.323 e. The highest BCUT2D eigenvalue weighted by molar-refractivity contribution is 7.98. The smallest absolute Gasteiger partial charge is 0.191 e. The predicted octanol–water partition coefficient (Wildman–Crippen LogP) is 4.06. The van der Waals surface area contributed by atoms with E-state index < -0.39 is 9.84 Å².